The van der Waals surface area contributed by atoms with E-state index < -0.39 is 0 Å². The molecule has 2 heterocycles. The van der Waals surface area contributed by atoms with Crippen LogP contribution in [0.15, 0.2) is 42.7 Å². The Morgan fingerprint density at radius 1 is 1.05 bits per heavy atom. The van der Waals surface area contributed by atoms with Gasteiger partial charge < -0.3 is 0 Å². The van der Waals surface area contributed by atoms with E-state index in [1.54, 1.807) is 17.1 Å². The minimum absolute atomic E-state index is 0.688. The minimum Gasteiger partial charge on any atom is -0.213 e. The average molecular weight is 272 g/mol. The summed E-state index contributed by atoms with van der Waals surface area (Å²) in [4.78, 5) is 4.43. The van der Waals surface area contributed by atoms with Gasteiger partial charge in [-0.2, -0.15) is 15.3 Å². The molecule has 0 aliphatic rings. The molecule has 2 aromatic heterocycles. The van der Waals surface area contributed by atoms with Gasteiger partial charge in [-0.3, -0.25) is 0 Å². The third kappa shape index (κ3) is 2.32. The largest absolute Gasteiger partial charge is 0.213 e. The lowest BCUT2D eigenvalue weighted by molar-refractivity contribution is 0.867. The molecule has 0 atom stereocenters. The van der Waals surface area contributed by atoms with Crippen molar-refractivity contribution in [3.63, 3.8) is 0 Å². The lowest BCUT2D eigenvalue weighted by Gasteiger charge is -2.05. The molecule has 1 aromatic carbocycles. The second-order valence-electron chi connectivity index (χ2n) is 4.00. The van der Waals surface area contributed by atoms with Gasteiger partial charge in [0.1, 0.15) is 5.82 Å². The van der Waals surface area contributed by atoms with E-state index in [-0.39, 0.29) is 0 Å². The highest BCUT2D eigenvalue weighted by Gasteiger charge is 2.11. The zero-order chi connectivity index (χ0) is 13.2. The molecule has 19 heavy (non-hydrogen) atoms. The summed E-state index contributed by atoms with van der Waals surface area (Å²) < 4.78 is 1.77. The molecule has 0 fully saturated rings. The zero-order valence-electron chi connectivity index (χ0n) is 10.2. The van der Waals surface area contributed by atoms with Crippen molar-refractivity contribution in [2.45, 2.75) is 6.92 Å². The number of nitrogens with zero attached hydrogens (tertiary/aromatic N) is 5. The molecule has 0 N–H and O–H groups in total. The van der Waals surface area contributed by atoms with Crippen LogP contribution < -0.4 is 0 Å². The van der Waals surface area contributed by atoms with Crippen LogP contribution in [0.2, 0.25) is 5.02 Å². The molecule has 0 radical (unpaired) electrons. The van der Waals surface area contributed by atoms with Crippen LogP contribution in [-0.2, 0) is 0 Å². The number of rotatable bonds is 2. The van der Waals surface area contributed by atoms with Gasteiger partial charge in [-0.1, -0.05) is 11.6 Å². The van der Waals surface area contributed by atoms with Crippen LogP contribution in [0.5, 0.6) is 0 Å². The van der Waals surface area contributed by atoms with Gasteiger partial charge in [0, 0.05) is 10.6 Å². The third-order valence-electron chi connectivity index (χ3n) is 2.63. The number of halogens is 1. The van der Waals surface area contributed by atoms with Crippen molar-refractivity contribution in [2.24, 2.45) is 0 Å². The van der Waals surface area contributed by atoms with Crippen LogP contribution >= 0.6 is 11.6 Å². The molecule has 0 unspecified atom stereocenters. The van der Waals surface area contributed by atoms with E-state index >= 15 is 0 Å². The molecule has 3 rings (SSSR count). The second-order valence-corrected chi connectivity index (χ2v) is 4.44. The molecule has 0 aliphatic carbocycles. The van der Waals surface area contributed by atoms with Gasteiger partial charge in [0.2, 0.25) is 0 Å². The smallest absolute Gasteiger partial charge is 0.165 e. The van der Waals surface area contributed by atoms with E-state index in [4.69, 9.17) is 11.6 Å². The van der Waals surface area contributed by atoms with E-state index in [9.17, 15) is 0 Å². The molecule has 0 saturated carbocycles. The van der Waals surface area contributed by atoms with Crippen LogP contribution in [0.25, 0.3) is 17.1 Å². The Morgan fingerprint density at radius 3 is 2.53 bits per heavy atom. The molecule has 6 heteroatoms. The Labute approximate surface area is 114 Å². The molecule has 0 spiro atoms. The minimum atomic E-state index is 0.688. The van der Waals surface area contributed by atoms with Crippen molar-refractivity contribution < 1.29 is 0 Å². The predicted octanol–water partition coefficient (Wildman–Crippen LogP) is 2.69. The van der Waals surface area contributed by atoms with E-state index in [0.29, 0.717) is 10.8 Å². The maximum Gasteiger partial charge on any atom is 0.165 e. The Balaban J connectivity index is 2.15. The van der Waals surface area contributed by atoms with Crippen molar-refractivity contribution >= 4 is 11.6 Å². The molecule has 0 bridgehead atoms. The summed E-state index contributed by atoms with van der Waals surface area (Å²) in [6, 6.07) is 9.29. The maximum absolute atomic E-state index is 5.90. The standard InChI is InChI=1S/C13H10ClN5/c1-9-17-13(10-6-7-15-16-8-10)19(18-9)12-4-2-11(14)3-5-12/h2-8H,1H3. The summed E-state index contributed by atoms with van der Waals surface area (Å²) in [7, 11) is 0. The predicted molar refractivity (Wildman–Crippen MR) is 72.1 cm³/mol. The van der Waals surface area contributed by atoms with Gasteiger partial charge in [0.15, 0.2) is 5.82 Å². The average Bonchev–Trinajstić information content (AvgIpc) is 2.83. The van der Waals surface area contributed by atoms with Crippen molar-refractivity contribution in [1.29, 1.82) is 0 Å². The highest BCUT2D eigenvalue weighted by Crippen LogP contribution is 2.21. The van der Waals surface area contributed by atoms with E-state index in [1.807, 2.05) is 37.3 Å². The lowest BCUT2D eigenvalue weighted by atomic mass is 10.2. The Morgan fingerprint density at radius 2 is 1.84 bits per heavy atom. The zero-order valence-corrected chi connectivity index (χ0v) is 10.9. The number of benzene rings is 1. The van der Waals surface area contributed by atoms with Gasteiger partial charge in [-0.25, -0.2) is 9.67 Å². The quantitative estimate of drug-likeness (QED) is 0.719. The topological polar surface area (TPSA) is 56.5 Å². The van der Waals surface area contributed by atoms with Gasteiger partial charge in [0.25, 0.3) is 0 Å². The molecule has 5 nitrogen and oxygen atoms in total. The Hall–Kier alpha value is -2.27. The first kappa shape index (κ1) is 11.8. The van der Waals surface area contributed by atoms with Crippen LogP contribution in [0.1, 0.15) is 5.82 Å². The van der Waals surface area contributed by atoms with Crippen molar-refractivity contribution in [1.82, 2.24) is 25.0 Å². The van der Waals surface area contributed by atoms with Crippen molar-refractivity contribution in [2.75, 3.05) is 0 Å². The fourth-order valence-corrected chi connectivity index (χ4v) is 1.91. The van der Waals surface area contributed by atoms with Gasteiger partial charge in [0.05, 0.1) is 18.1 Å². The normalized spacial score (nSPS) is 10.6. The highest BCUT2D eigenvalue weighted by molar-refractivity contribution is 6.30. The van der Waals surface area contributed by atoms with Gasteiger partial charge in [-0.15, -0.1) is 0 Å². The monoisotopic (exact) mass is 271 g/mol. The molecular formula is C13H10ClN5. The first-order valence-corrected chi connectivity index (χ1v) is 6.08. The summed E-state index contributed by atoms with van der Waals surface area (Å²) in [5.74, 6) is 1.43. The maximum atomic E-state index is 5.90. The molecular weight excluding hydrogens is 262 g/mol. The van der Waals surface area contributed by atoms with Crippen molar-refractivity contribution in [3.05, 3.63) is 53.6 Å². The number of aryl methyl sites for hydroxylation is 1. The summed E-state index contributed by atoms with van der Waals surface area (Å²) in [5.41, 5.74) is 1.77. The fourth-order valence-electron chi connectivity index (χ4n) is 1.79. The molecule has 94 valence electrons. The van der Waals surface area contributed by atoms with E-state index in [0.717, 1.165) is 17.1 Å². The SMILES string of the molecule is Cc1nc(-c2ccnnc2)n(-c2ccc(Cl)cc2)n1. The number of hydrogen-bond acceptors (Lipinski definition) is 4. The molecule has 3 aromatic rings. The number of aromatic nitrogens is 5. The summed E-state index contributed by atoms with van der Waals surface area (Å²) in [5, 5.41) is 12.7. The van der Waals surface area contributed by atoms with Gasteiger partial charge in [-0.05, 0) is 37.3 Å². The Kier molecular flexibility index (Phi) is 2.97. The molecule has 0 saturated heterocycles. The van der Waals surface area contributed by atoms with Crippen molar-refractivity contribution in [3.8, 4) is 17.1 Å². The summed E-state index contributed by atoms with van der Waals surface area (Å²) in [6.45, 7) is 1.85. The Bertz CT molecular complexity index is 691. The third-order valence-corrected chi connectivity index (χ3v) is 2.88. The van der Waals surface area contributed by atoms with Crippen LogP contribution in [0.4, 0.5) is 0 Å². The molecule has 0 aliphatic heterocycles. The highest BCUT2D eigenvalue weighted by atomic mass is 35.5. The van der Waals surface area contributed by atoms with Crippen LogP contribution in [0.3, 0.4) is 0 Å². The van der Waals surface area contributed by atoms with E-state index in [2.05, 4.69) is 20.3 Å². The van der Waals surface area contributed by atoms with Crippen LogP contribution in [-0.4, -0.2) is 25.0 Å². The first-order valence-electron chi connectivity index (χ1n) is 5.71. The summed E-state index contributed by atoms with van der Waals surface area (Å²) in [6.07, 6.45) is 3.29. The fraction of sp³-hybridized carbons (Fsp3) is 0.0769. The second kappa shape index (κ2) is 4.78. The molecule has 0 amide bonds. The van der Waals surface area contributed by atoms with Gasteiger partial charge >= 0.3 is 0 Å². The lowest BCUT2D eigenvalue weighted by Crippen LogP contribution is -1.99. The van der Waals surface area contributed by atoms with E-state index in [1.165, 1.54) is 0 Å². The first-order chi connectivity index (χ1) is 9.24. The number of hydrogen-bond donors (Lipinski definition) is 0. The van der Waals surface area contributed by atoms with Crippen LogP contribution in [0, 0.1) is 6.92 Å². The summed E-state index contributed by atoms with van der Waals surface area (Å²) >= 11 is 5.90.